The molecule has 3 rings (SSSR count). The first-order valence-corrected chi connectivity index (χ1v) is 5.64. The van der Waals surface area contributed by atoms with Crippen molar-refractivity contribution in [2.24, 2.45) is 0 Å². The number of nitrogens with zero attached hydrogens (tertiary/aromatic N) is 2. The van der Waals surface area contributed by atoms with Crippen LogP contribution in [-0.4, -0.2) is 15.9 Å². The largest absolute Gasteiger partial charge is 0.459 e. The van der Waals surface area contributed by atoms with Crippen LogP contribution in [0.4, 0.5) is 5.82 Å². The molecule has 0 saturated heterocycles. The predicted octanol–water partition coefficient (Wildman–Crippen LogP) is 1.98. The lowest BCUT2D eigenvalue weighted by atomic mass is 10.2. The molecule has 94 valence electrons. The summed E-state index contributed by atoms with van der Waals surface area (Å²) >= 11 is 0. The summed E-state index contributed by atoms with van der Waals surface area (Å²) < 4.78 is 4.99. The molecule has 3 aromatic rings. The molecule has 2 heterocycles. The fourth-order valence-corrected chi connectivity index (χ4v) is 1.69. The van der Waals surface area contributed by atoms with Gasteiger partial charge in [-0.05, 0) is 24.3 Å². The van der Waals surface area contributed by atoms with Crippen molar-refractivity contribution < 1.29 is 9.21 Å². The van der Waals surface area contributed by atoms with Crippen molar-refractivity contribution in [1.82, 2.24) is 15.4 Å². The molecule has 2 N–H and O–H groups in total. The molecule has 0 spiro atoms. The van der Waals surface area contributed by atoms with E-state index in [4.69, 9.17) is 4.42 Å². The van der Waals surface area contributed by atoms with E-state index in [9.17, 15) is 4.79 Å². The molecule has 1 amide bonds. The minimum Gasteiger partial charge on any atom is -0.459 e. The van der Waals surface area contributed by atoms with Gasteiger partial charge in [-0.2, -0.15) is 0 Å². The number of para-hydroxylation sites is 1. The molecular formula is C13H10N4O2. The Kier molecular flexibility index (Phi) is 2.82. The van der Waals surface area contributed by atoms with Crippen molar-refractivity contribution in [3.8, 4) is 0 Å². The Morgan fingerprint density at radius 2 is 2.00 bits per heavy atom. The lowest BCUT2D eigenvalue weighted by Crippen LogP contribution is -2.29. The number of benzene rings is 1. The van der Waals surface area contributed by atoms with Crippen LogP contribution in [0.5, 0.6) is 0 Å². The molecule has 0 aliphatic heterocycles. The first-order chi connectivity index (χ1) is 9.34. The van der Waals surface area contributed by atoms with E-state index in [-0.39, 0.29) is 11.7 Å². The number of hydrogen-bond acceptors (Lipinski definition) is 5. The van der Waals surface area contributed by atoms with Gasteiger partial charge in [0, 0.05) is 5.39 Å². The van der Waals surface area contributed by atoms with Crippen LogP contribution in [-0.2, 0) is 0 Å². The SMILES string of the molecule is O=C(NNc1ncnc2ccccc12)c1ccco1. The van der Waals surface area contributed by atoms with Gasteiger partial charge in [-0.3, -0.25) is 15.6 Å². The van der Waals surface area contributed by atoms with Crippen LogP contribution in [0.1, 0.15) is 10.6 Å². The summed E-state index contributed by atoms with van der Waals surface area (Å²) in [6.45, 7) is 0. The lowest BCUT2D eigenvalue weighted by molar-refractivity contribution is 0.0935. The molecule has 0 atom stereocenters. The number of rotatable bonds is 3. The van der Waals surface area contributed by atoms with Crippen molar-refractivity contribution in [2.75, 3.05) is 5.43 Å². The van der Waals surface area contributed by atoms with E-state index in [1.54, 1.807) is 12.1 Å². The van der Waals surface area contributed by atoms with Crippen LogP contribution in [0.15, 0.2) is 53.4 Å². The number of carbonyl (C=O) groups excluding carboxylic acids is 1. The summed E-state index contributed by atoms with van der Waals surface area (Å²) in [4.78, 5) is 19.9. The zero-order chi connectivity index (χ0) is 13.1. The summed E-state index contributed by atoms with van der Waals surface area (Å²) in [6.07, 6.45) is 2.87. The molecule has 1 aromatic carbocycles. The van der Waals surface area contributed by atoms with Gasteiger partial charge >= 0.3 is 5.91 Å². The molecule has 0 aliphatic carbocycles. The molecule has 0 radical (unpaired) electrons. The number of nitrogens with one attached hydrogen (secondary N) is 2. The van der Waals surface area contributed by atoms with Crippen molar-refractivity contribution in [3.05, 3.63) is 54.7 Å². The fourth-order valence-electron chi connectivity index (χ4n) is 1.69. The van der Waals surface area contributed by atoms with Gasteiger partial charge in [0.1, 0.15) is 6.33 Å². The van der Waals surface area contributed by atoms with E-state index >= 15 is 0 Å². The highest BCUT2D eigenvalue weighted by Crippen LogP contribution is 2.17. The van der Waals surface area contributed by atoms with E-state index in [0.29, 0.717) is 5.82 Å². The van der Waals surface area contributed by atoms with Gasteiger partial charge in [0.25, 0.3) is 0 Å². The number of carbonyl (C=O) groups is 1. The minimum atomic E-state index is -0.368. The zero-order valence-corrected chi connectivity index (χ0v) is 9.83. The highest BCUT2D eigenvalue weighted by Gasteiger charge is 2.08. The Balaban J connectivity index is 1.81. The van der Waals surface area contributed by atoms with Crippen LogP contribution in [0.2, 0.25) is 0 Å². The quantitative estimate of drug-likeness (QED) is 0.698. The monoisotopic (exact) mass is 254 g/mol. The van der Waals surface area contributed by atoms with Crippen molar-refractivity contribution in [1.29, 1.82) is 0 Å². The molecule has 0 fully saturated rings. The van der Waals surface area contributed by atoms with Gasteiger partial charge in [-0.1, -0.05) is 12.1 Å². The molecule has 0 aliphatic rings. The Bertz CT molecular complexity index is 704. The Hall–Kier alpha value is -2.89. The summed E-state index contributed by atoms with van der Waals surface area (Å²) in [7, 11) is 0. The summed E-state index contributed by atoms with van der Waals surface area (Å²) in [6, 6.07) is 10.7. The van der Waals surface area contributed by atoms with Crippen LogP contribution >= 0.6 is 0 Å². The second-order valence-electron chi connectivity index (χ2n) is 3.80. The minimum absolute atomic E-state index is 0.228. The average molecular weight is 254 g/mol. The number of hydrazine groups is 1. The van der Waals surface area contributed by atoms with Crippen molar-refractivity contribution >= 4 is 22.6 Å². The maximum absolute atomic E-state index is 11.7. The van der Waals surface area contributed by atoms with Gasteiger partial charge in [0.05, 0.1) is 11.8 Å². The van der Waals surface area contributed by atoms with Crippen LogP contribution in [0, 0.1) is 0 Å². The van der Waals surface area contributed by atoms with E-state index in [1.165, 1.54) is 12.6 Å². The molecular weight excluding hydrogens is 244 g/mol. The van der Waals surface area contributed by atoms with Gasteiger partial charge in [0.15, 0.2) is 11.6 Å². The molecule has 0 unspecified atom stereocenters. The summed E-state index contributed by atoms with van der Waals surface area (Å²) in [5.41, 5.74) is 6.08. The van der Waals surface area contributed by atoms with Gasteiger partial charge < -0.3 is 4.42 Å². The van der Waals surface area contributed by atoms with Crippen molar-refractivity contribution in [2.45, 2.75) is 0 Å². The topological polar surface area (TPSA) is 80.0 Å². The maximum Gasteiger partial charge on any atom is 0.305 e. The van der Waals surface area contributed by atoms with E-state index < -0.39 is 0 Å². The third-order valence-corrected chi connectivity index (χ3v) is 2.58. The molecule has 6 nitrogen and oxygen atoms in total. The smallest absolute Gasteiger partial charge is 0.305 e. The number of aromatic nitrogens is 2. The second-order valence-corrected chi connectivity index (χ2v) is 3.80. The Morgan fingerprint density at radius 1 is 1.11 bits per heavy atom. The lowest BCUT2D eigenvalue weighted by Gasteiger charge is -2.08. The van der Waals surface area contributed by atoms with Gasteiger partial charge in [0.2, 0.25) is 0 Å². The third-order valence-electron chi connectivity index (χ3n) is 2.58. The number of amides is 1. The van der Waals surface area contributed by atoms with E-state index in [0.717, 1.165) is 10.9 Å². The molecule has 0 bridgehead atoms. The number of hydrogen-bond donors (Lipinski definition) is 2. The normalized spacial score (nSPS) is 10.3. The Labute approximate surface area is 108 Å². The molecule has 2 aromatic heterocycles. The van der Waals surface area contributed by atoms with Crippen LogP contribution in [0.25, 0.3) is 10.9 Å². The van der Waals surface area contributed by atoms with Crippen LogP contribution < -0.4 is 10.9 Å². The molecule has 0 saturated carbocycles. The standard InChI is InChI=1S/C13H10N4O2/c18-13(11-6-3-7-19-11)17-16-12-9-4-1-2-5-10(9)14-8-15-12/h1-8H,(H,17,18)(H,14,15,16). The first kappa shape index (κ1) is 11.2. The number of fused-ring (bicyclic) bond motifs is 1. The first-order valence-electron chi connectivity index (χ1n) is 5.64. The third kappa shape index (κ3) is 2.23. The Morgan fingerprint density at radius 3 is 2.84 bits per heavy atom. The second kappa shape index (κ2) is 4.77. The molecule has 6 heteroatoms. The highest BCUT2D eigenvalue weighted by molar-refractivity contribution is 5.94. The van der Waals surface area contributed by atoms with E-state index in [1.807, 2.05) is 24.3 Å². The zero-order valence-electron chi connectivity index (χ0n) is 9.83. The number of anilines is 1. The van der Waals surface area contributed by atoms with Crippen LogP contribution in [0.3, 0.4) is 0 Å². The number of furan rings is 1. The average Bonchev–Trinajstić information content (AvgIpc) is 2.99. The summed E-state index contributed by atoms with van der Waals surface area (Å²) in [5.74, 6) is 0.393. The predicted molar refractivity (Wildman–Crippen MR) is 69.3 cm³/mol. The van der Waals surface area contributed by atoms with Gasteiger partial charge in [-0.15, -0.1) is 0 Å². The molecule has 19 heavy (non-hydrogen) atoms. The van der Waals surface area contributed by atoms with E-state index in [2.05, 4.69) is 20.8 Å². The van der Waals surface area contributed by atoms with Crippen molar-refractivity contribution in [3.63, 3.8) is 0 Å². The fraction of sp³-hybridized carbons (Fsp3) is 0. The summed E-state index contributed by atoms with van der Waals surface area (Å²) in [5, 5.41) is 0.824. The van der Waals surface area contributed by atoms with Gasteiger partial charge in [-0.25, -0.2) is 9.97 Å². The maximum atomic E-state index is 11.7. The highest BCUT2D eigenvalue weighted by atomic mass is 16.3.